The van der Waals surface area contributed by atoms with Gasteiger partial charge in [0.15, 0.2) is 0 Å². The molecule has 0 saturated heterocycles. The number of hydrogen-bond acceptors (Lipinski definition) is 4. The van der Waals surface area contributed by atoms with E-state index in [2.05, 4.69) is 10.3 Å². The third kappa shape index (κ3) is 3.15. The van der Waals surface area contributed by atoms with Crippen molar-refractivity contribution in [3.05, 3.63) is 65.2 Å². The molecule has 7 heteroatoms. The molecule has 2 heterocycles. The molecule has 3 amide bonds. The molecule has 1 aliphatic heterocycles. The van der Waals surface area contributed by atoms with Gasteiger partial charge in [-0.1, -0.05) is 12.1 Å². The molecule has 1 aromatic carbocycles. The predicted molar refractivity (Wildman–Crippen MR) is 82.7 cm³/mol. The van der Waals surface area contributed by atoms with Gasteiger partial charge in [-0.15, -0.1) is 0 Å². The van der Waals surface area contributed by atoms with Gasteiger partial charge in [0.2, 0.25) is 5.91 Å². The normalized spacial score (nSPS) is 13.1. The van der Waals surface area contributed by atoms with E-state index in [1.165, 1.54) is 24.4 Å². The molecule has 0 unspecified atom stereocenters. The van der Waals surface area contributed by atoms with Crippen molar-refractivity contribution in [3.63, 3.8) is 0 Å². The van der Waals surface area contributed by atoms with Crippen LogP contribution in [0, 0.1) is 5.82 Å². The molecule has 0 radical (unpaired) electrons. The van der Waals surface area contributed by atoms with Gasteiger partial charge in [-0.2, -0.15) is 0 Å². The number of carbonyl (C=O) groups is 3. The summed E-state index contributed by atoms with van der Waals surface area (Å²) in [6, 6.07) is 8.91. The first-order chi connectivity index (χ1) is 11.6. The molecule has 0 bridgehead atoms. The summed E-state index contributed by atoms with van der Waals surface area (Å²) in [5.41, 5.74) is 0.958. The van der Waals surface area contributed by atoms with Crippen LogP contribution >= 0.6 is 0 Å². The number of amides is 3. The number of imide groups is 1. The highest BCUT2D eigenvalue weighted by Gasteiger charge is 2.36. The highest BCUT2D eigenvalue weighted by molar-refractivity contribution is 6.20. The summed E-state index contributed by atoms with van der Waals surface area (Å²) in [5.74, 6) is -1.59. The Morgan fingerprint density at radius 1 is 1.17 bits per heavy atom. The van der Waals surface area contributed by atoms with Gasteiger partial charge in [0, 0.05) is 19.3 Å². The third-order valence-electron chi connectivity index (χ3n) is 3.64. The van der Waals surface area contributed by atoms with Gasteiger partial charge in [-0.3, -0.25) is 24.3 Å². The lowest BCUT2D eigenvalue weighted by molar-refractivity contribution is -0.120. The summed E-state index contributed by atoms with van der Waals surface area (Å²) < 4.78 is 13.1. The first kappa shape index (κ1) is 15.8. The van der Waals surface area contributed by atoms with E-state index in [0.29, 0.717) is 5.56 Å². The molecule has 1 aromatic heterocycles. The number of rotatable bonds is 5. The Kier molecular flexibility index (Phi) is 4.33. The molecular weight excluding hydrogens is 313 g/mol. The summed E-state index contributed by atoms with van der Waals surface area (Å²) in [4.78, 5) is 41.0. The Balaban J connectivity index is 1.53. The van der Waals surface area contributed by atoms with Crippen LogP contribution in [-0.4, -0.2) is 40.7 Å². The van der Waals surface area contributed by atoms with E-state index in [-0.39, 0.29) is 36.7 Å². The maximum absolute atomic E-state index is 13.1. The first-order valence-corrected chi connectivity index (χ1v) is 7.38. The van der Waals surface area contributed by atoms with Crippen molar-refractivity contribution in [1.82, 2.24) is 15.2 Å². The molecule has 0 aliphatic carbocycles. The maximum Gasteiger partial charge on any atom is 0.280 e. The molecule has 6 nitrogen and oxygen atoms in total. The number of aromatic nitrogens is 1. The van der Waals surface area contributed by atoms with E-state index in [9.17, 15) is 18.8 Å². The SMILES string of the molecule is O=C(Cc1cccc(F)c1)NCCN1C(=O)c2cccnc2C1=O. The van der Waals surface area contributed by atoms with E-state index in [1.54, 1.807) is 18.2 Å². The number of nitrogens with zero attached hydrogens (tertiary/aromatic N) is 2. The van der Waals surface area contributed by atoms with Gasteiger partial charge >= 0.3 is 0 Å². The van der Waals surface area contributed by atoms with Crippen LogP contribution < -0.4 is 5.32 Å². The zero-order chi connectivity index (χ0) is 17.1. The average Bonchev–Trinajstić information content (AvgIpc) is 2.80. The fourth-order valence-electron chi connectivity index (χ4n) is 2.52. The van der Waals surface area contributed by atoms with Gasteiger partial charge in [-0.25, -0.2) is 4.39 Å². The Labute approximate surface area is 137 Å². The lowest BCUT2D eigenvalue weighted by Gasteiger charge is -2.14. The third-order valence-corrected chi connectivity index (χ3v) is 3.64. The van der Waals surface area contributed by atoms with E-state index in [0.717, 1.165) is 4.90 Å². The van der Waals surface area contributed by atoms with Gasteiger partial charge in [-0.05, 0) is 29.8 Å². The van der Waals surface area contributed by atoms with E-state index < -0.39 is 17.6 Å². The number of fused-ring (bicyclic) bond motifs is 1. The first-order valence-electron chi connectivity index (χ1n) is 7.38. The van der Waals surface area contributed by atoms with Crippen LogP contribution in [-0.2, 0) is 11.2 Å². The zero-order valence-corrected chi connectivity index (χ0v) is 12.7. The minimum absolute atomic E-state index is 0.0292. The van der Waals surface area contributed by atoms with Crippen molar-refractivity contribution in [2.75, 3.05) is 13.1 Å². The molecular formula is C17H14FN3O3. The van der Waals surface area contributed by atoms with E-state index in [1.807, 2.05) is 0 Å². The summed E-state index contributed by atoms with van der Waals surface area (Å²) in [5, 5.41) is 2.62. The highest BCUT2D eigenvalue weighted by atomic mass is 19.1. The van der Waals surface area contributed by atoms with Gasteiger partial charge < -0.3 is 5.32 Å². The minimum atomic E-state index is -0.463. The van der Waals surface area contributed by atoms with Crippen LogP contribution in [0.3, 0.4) is 0 Å². The standard InChI is InChI=1S/C17H14FN3O3/c18-12-4-1-3-11(9-12)10-14(22)19-7-8-21-16(23)13-5-2-6-20-15(13)17(21)24/h1-6,9H,7-8,10H2,(H,19,22). The zero-order valence-electron chi connectivity index (χ0n) is 12.7. The second-order valence-corrected chi connectivity index (χ2v) is 5.32. The summed E-state index contributed by atoms with van der Waals surface area (Å²) in [7, 11) is 0. The maximum atomic E-state index is 13.1. The molecule has 0 spiro atoms. The van der Waals surface area contributed by atoms with Crippen molar-refractivity contribution in [2.45, 2.75) is 6.42 Å². The van der Waals surface area contributed by atoms with Crippen molar-refractivity contribution in [2.24, 2.45) is 0 Å². The topological polar surface area (TPSA) is 79.4 Å². The number of hydrogen-bond donors (Lipinski definition) is 1. The number of benzene rings is 1. The van der Waals surface area contributed by atoms with Gasteiger partial charge in [0.05, 0.1) is 12.0 Å². The quantitative estimate of drug-likeness (QED) is 0.836. The number of carbonyl (C=O) groups excluding carboxylic acids is 3. The van der Waals surface area contributed by atoms with Crippen molar-refractivity contribution >= 4 is 17.7 Å². The molecule has 1 N–H and O–H groups in total. The van der Waals surface area contributed by atoms with Crippen LogP contribution in [0.4, 0.5) is 4.39 Å². The molecule has 24 heavy (non-hydrogen) atoms. The lowest BCUT2D eigenvalue weighted by Crippen LogP contribution is -2.38. The molecule has 0 atom stereocenters. The van der Waals surface area contributed by atoms with Gasteiger partial charge in [0.25, 0.3) is 11.8 Å². The molecule has 0 saturated carbocycles. The second-order valence-electron chi connectivity index (χ2n) is 5.32. The largest absolute Gasteiger partial charge is 0.354 e. The van der Waals surface area contributed by atoms with Crippen LogP contribution in [0.5, 0.6) is 0 Å². The summed E-state index contributed by atoms with van der Waals surface area (Å²) in [6.45, 7) is 0.183. The predicted octanol–water partition coefficient (Wildman–Crippen LogP) is 1.18. The Hall–Kier alpha value is -3.09. The second kappa shape index (κ2) is 6.57. The fraction of sp³-hybridized carbons (Fsp3) is 0.176. The molecule has 3 rings (SSSR count). The van der Waals surface area contributed by atoms with Crippen molar-refractivity contribution in [1.29, 1.82) is 0 Å². The van der Waals surface area contributed by atoms with E-state index >= 15 is 0 Å². The van der Waals surface area contributed by atoms with E-state index in [4.69, 9.17) is 0 Å². The monoisotopic (exact) mass is 327 g/mol. The Bertz CT molecular complexity index is 787. The Morgan fingerprint density at radius 2 is 2.00 bits per heavy atom. The van der Waals surface area contributed by atoms with Gasteiger partial charge in [0.1, 0.15) is 11.5 Å². The molecule has 1 aliphatic rings. The molecule has 2 aromatic rings. The van der Waals surface area contributed by atoms with Crippen LogP contribution in [0.25, 0.3) is 0 Å². The Morgan fingerprint density at radius 3 is 2.75 bits per heavy atom. The number of pyridine rings is 1. The summed E-state index contributed by atoms with van der Waals surface area (Å²) >= 11 is 0. The van der Waals surface area contributed by atoms with Crippen LogP contribution in [0.2, 0.25) is 0 Å². The minimum Gasteiger partial charge on any atom is -0.354 e. The van der Waals surface area contributed by atoms with Crippen LogP contribution in [0.15, 0.2) is 42.6 Å². The smallest absolute Gasteiger partial charge is 0.280 e. The number of halogens is 1. The fourth-order valence-corrected chi connectivity index (χ4v) is 2.52. The van der Waals surface area contributed by atoms with Crippen molar-refractivity contribution in [3.8, 4) is 0 Å². The summed E-state index contributed by atoms with van der Waals surface area (Å²) in [6.07, 6.45) is 1.48. The van der Waals surface area contributed by atoms with Crippen molar-refractivity contribution < 1.29 is 18.8 Å². The number of nitrogens with one attached hydrogen (secondary N) is 1. The van der Waals surface area contributed by atoms with Crippen LogP contribution in [0.1, 0.15) is 26.4 Å². The average molecular weight is 327 g/mol. The lowest BCUT2D eigenvalue weighted by atomic mass is 10.1. The molecule has 122 valence electrons. The molecule has 0 fully saturated rings. The highest BCUT2D eigenvalue weighted by Crippen LogP contribution is 2.19.